The van der Waals surface area contributed by atoms with Crippen LogP contribution in [0.1, 0.15) is 17.2 Å². The van der Waals surface area contributed by atoms with Gasteiger partial charge >= 0.3 is 0 Å². The van der Waals surface area contributed by atoms with Crippen LogP contribution in [0.3, 0.4) is 0 Å². The van der Waals surface area contributed by atoms with Crippen molar-refractivity contribution < 1.29 is 5.11 Å². The molecule has 90 valence electrons. The van der Waals surface area contributed by atoms with Crippen LogP contribution in [-0.2, 0) is 0 Å². The Morgan fingerprint density at radius 3 is 3.06 bits per heavy atom. The maximum Gasteiger partial charge on any atom is 0.129 e. The molecule has 0 saturated carbocycles. The van der Waals surface area contributed by atoms with Crippen molar-refractivity contribution in [2.45, 2.75) is 13.0 Å². The van der Waals surface area contributed by atoms with E-state index in [1.165, 1.54) is 0 Å². The largest absolute Gasteiger partial charge is 0.397 e. The lowest BCUT2D eigenvalue weighted by Crippen LogP contribution is -2.13. The van der Waals surface area contributed by atoms with E-state index in [1.54, 1.807) is 17.5 Å². The van der Waals surface area contributed by atoms with Gasteiger partial charge in [0.15, 0.2) is 0 Å². The van der Waals surface area contributed by atoms with Gasteiger partial charge < -0.3 is 16.2 Å². The fraction of sp³-hybridized carbons (Fsp3) is 0.250. The van der Waals surface area contributed by atoms with E-state index in [-0.39, 0.29) is 0 Å². The number of nitrogens with zero attached hydrogens (tertiary/aromatic N) is 1. The highest BCUT2D eigenvalue weighted by Crippen LogP contribution is 2.18. The van der Waals surface area contributed by atoms with Gasteiger partial charge in [0.05, 0.1) is 18.0 Å². The first-order valence-electron chi connectivity index (χ1n) is 5.33. The van der Waals surface area contributed by atoms with Crippen LogP contribution < -0.4 is 11.1 Å². The molecule has 0 aromatic carbocycles. The van der Waals surface area contributed by atoms with E-state index >= 15 is 0 Å². The smallest absolute Gasteiger partial charge is 0.129 e. The first-order valence-corrected chi connectivity index (χ1v) is 6.27. The van der Waals surface area contributed by atoms with Crippen LogP contribution in [0.25, 0.3) is 0 Å². The summed E-state index contributed by atoms with van der Waals surface area (Å²) >= 11 is 1.57. The Balaban J connectivity index is 1.98. The minimum Gasteiger partial charge on any atom is -0.397 e. The predicted molar refractivity (Wildman–Crippen MR) is 71.2 cm³/mol. The Kier molecular flexibility index (Phi) is 3.61. The highest BCUT2D eigenvalue weighted by atomic mass is 32.1. The molecule has 1 unspecified atom stereocenters. The van der Waals surface area contributed by atoms with Crippen molar-refractivity contribution in [2.75, 3.05) is 17.6 Å². The molecular formula is C12H15N3OS. The van der Waals surface area contributed by atoms with Crippen molar-refractivity contribution in [3.8, 4) is 0 Å². The third-order valence-electron chi connectivity index (χ3n) is 2.49. The minimum absolute atomic E-state index is 0.439. The predicted octanol–water partition coefficient (Wildman–Crippen LogP) is 2.18. The summed E-state index contributed by atoms with van der Waals surface area (Å²) in [5, 5.41) is 16.9. The van der Waals surface area contributed by atoms with Crippen LogP contribution in [0.5, 0.6) is 0 Å². The maximum absolute atomic E-state index is 9.91. The molecule has 2 aromatic rings. The molecule has 0 amide bonds. The molecule has 0 aliphatic carbocycles. The Bertz CT molecular complexity index is 485. The second-order valence-corrected chi connectivity index (χ2v) is 4.67. The zero-order valence-electron chi connectivity index (χ0n) is 9.55. The fourth-order valence-corrected chi connectivity index (χ4v) is 2.26. The van der Waals surface area contributed by atoms with Gasteiger partial charge in [-0.05, 0) is 40.9 Å². The lowest BCUT2D eigenvalue weighted by molar-refractivity contribution is 0.192. The number of rotatable bonds is 4. The molecular weight excluding hydrogens is 234 g/mol. The van der Waals surface area contributed by atoms with Crippen LogP contribution >= 0.6 is 11.3 Å². The van der Waals surface area contributed by atoms with Crippen molar-refractivity contribution in [1.29, 1.82) is 0 Å². The second-order valence-electron chi connectivity index (χ2n) is 3.89. The summed E-state index contributed by atoms with van der Waals surface area (Å²) in [6, 6.07) is 3.77. The first-order chi connectivity index (χ1) is 8.16. The zero-order valence-corrected chi connectivity index (χ0v) is 10.4. The molecule has 0 spiro atoms. The van der Waals surface area contributed by atoms with Gasteiger partial charge in [-0.2, -0.15) is 11.3 Å². The van der Waals surface area contributed by atoms with Gasteiger partial charge in [0.25, 0.3) is 0 Å². The van der Waals surface area contributed by atoms with E-state index in [2.05, 4.69) is 10.3 Å². The van der Waals surface area contributed by atoms with E-state index in [1.807, 2.05) is 29.8 Å². The summed E-state index contributed by atoms with van der Waals surface area (Å²) in [4.78, 5) is 4.19. The number of pyridine rings is 1. The topological polar surface area (TPSA) is 71.2 Å². The number of nitrogens with one attached hydrogen (secondary N) is 1. The lowest BCUT2D eigenvalue weighted by atomic mass is 10.2. The van der Waals surface area contributed by atoms with Gasteiger partial charge in [-0.25, -0.2) is 4.98 Å². The molecule has 2 rings (SSSR count). The SMILES string of the molecule is Cc1cc(N)cnc1NCC(O)c1ccsc1. The van der Waals surface area contributed by atoms with Gasteiger partial charge in [-0.15, -0.1) is 0 Å². The first kappa shape index (κ1) is 11.9. The molecule has 0 radical (unpaired) electrons. The summed E-state index contributed by atoms with van der Waals surface area (Å²) in [6.07, 6.45) is 1.09. The van der Waals surface area contributed by atoms with Gasteiger partial charge in [0.1, 0.15) is 5.82 Å². The van der Waals surface area contributed by atoms with Crippen LogP contribution in [0.15, 0.2) is 29.1 Å². The van der Waals surface area contributed by atoms with Gasteiger partial charge in [-0.1, -0.05) is 0 Å². The average Bonchev–Trinajstić information content (AvgIpc) is 2.81. The average molecular weight is 249 g/mol. The monoisotopic (exact) mass is 249 g/mol. The fourth-order valence-electron chi connectivity index (χ4n) is 1.56. The number of nitrogen functional groups attached to an aromatic ring is 1. The number of aliphatic hydroxyl groups is 1. The van der Waals surface area contributed by atoms with E-state index in [4.69, 9.17) is 5.73 Å². The number of hydrogen-bond donors (Lipinski definition) is 3. The van der Waals surface area contributed by atoms with Gasteiger partial charge in [0.2, 0.25) is 0 Å². The molecule has 0 saturated heterocycles. The molecule has 0 aliphatic heterocycles. The molecule has 4 N–H and O–H groups in total. The standard InChI is InChI=1S/C12H15N3OS/c1-8-4-10(13)5-14-12(8)15-6-11(16)9-2-3-17-7-9/h2-5,7,11,16H,6,13H2,1H3,(H,14,15). The van der Waals surface area contributed by atoms with E-state index < -0.39 is 6.10 Å². The summed E-state index contributed by atoms with van der Waals surface area (Å²) in [5.74, 6) is 0.758. The van der Waals surface area contributed by atoms with Crippen LogP contribution in [0.2, 0.25) is 0 Å². The summed E-state index contributed by atoms with van der Waals surface area (Å²) in [6.45, 7) is 2.37. The second kappa shape index (κ2) is 5.16. The van der Waals surface area contributed by atoms with Crippen molar-refractivity contribution in [2.24, 2.45) is 0 Å². The third-order valence-corrected chi connectivity index (χ3v) is 3.19. The molecule has 17 heavy (non-hydrogen) atoms. The molecule has 0 aliphatic rings. The van der Waals surface area contributed by atoms with Crippen molar-refractivity contribution >= 4 is 22.8 Å². The summed E-state index contributed by atoms with van der Waals surface area (Å²) < 4.78 is 0. The molecule has 2 heterocycles. The number of aliphatic hydroxyl groups excluding tert-OH is 1. The van der Waals surface area contributed by atoms with Gasteiger partial charge in [-0.3, -0.25) is 0 Å². The third kappa shape index (κ3) is 2.95. The van der Waals surface area contributed by atoms with Crippen LogP contribution in [0, 0.1) is 6.92 Å². The van der Waals surface area contributed by atoms with Crippen LogP contribution in [-0.4, -0.2) is 16.6 Å². The Morgan fingerprint density at radius 2 is 2.41 bits per heavy atom. The summed E-state index contributed by atoms with van der Waals surface area (Å²) in [5.41, 5.74) is 8.17. The van der Waals surface area contributed by atoms with E-state index in [0.29, 0.717) is 12.2 Å². The van der Waals surface area contributed by atoms with Crippen molar-refractivity contribution in [1.82, 2.24) is 4.98 Å². The molecule has 1 atom stereocenters. The molecule has 4 nitrogen and oxygen atoms in total. The zero-order chi connectivity index (χ0) is 12.3. The number of nitrogens with two attached hydrogens (primary N) is 1. The molecule has 2 aromatic heterocycles. The molecule has 5 heteroatoms. The normalized spacial score (nSPS) is 12.4. The number of aromatic nitrogens is 1. The van der Waals surface area contributed by atoms with E-state index in [0.717, 1.165) is 16.9 Å². The number of anilines is 2. The number of hydrogen-bond acceptors (Lipinski definition) is 5. The lowest BCUT2D eigenvalue weighted by Gasteiger charge is -2.12. The Labute approximate surface area is 104 Å². The Morgan fingerprint density at radius 1 is 1.59 bits per heavy atom. The minimum atomic E-state index is -0.514. The van der Waals surface area contributed by atoms with Crippen molar-refractivity contribution in [3.63, 3.8) is 0 Å². The van der Waals surface area contributed by atoms with Crippen molar-refractivity contribution in [3.05, 3.63) is 40.2 Å². The number of aryl methyl sites for hydroxylation is 1. The molecule has 0 bridgehead atoms. The van der Waals surface area contributed by atoms with Crippen LogP contribution in [0.4, 0.5) is 11.5 Å². The quantitative estimate of drug-likeness (QED) is 0.776. The van der Waals surface area contributed by atoms with E-state index in [9.17, 15) is 5.11 Å². The molecule has 0 fully saturated rings. The highest BCUT2D eigenvalue weighted by Gasteiger charge is 2.08. The number of thiophene rings is 1. The van der Waals surface area contributed by atoms with Gasteiger partial charge in [0, 0.05) is 6.54 Å². The highest BCUT2D eigenvalue weighted by molar-refractivity contribution is 7.07. The summed E-state index contributed by atoms with van der Waals surface area (Å²) in [7, 11) is 0. The Hall–Kier alpha value is -1.59. The maximum atomic E-state index is 9.91.